The molecule has 0 radical (unpaired) electrons. The van der Waals surface area contributed by atoms with E-state index < -0.39 is 0 Å². The molecule has 0 aromatic heterocycles. The number of Topliss-reactive ketones (excluding diaryl/α,β-unsaturated/α-hetero) is 1. The number of carbonyl (C=O) groups excluding carboxylic acids is 1. The molecule has 0 aliphatic carbocycles. The van der Waals surface area contributed by atoms with Crippen LogP contribution in [-0.2, 0) is 0 Å². The zero-order valence-electron chi connectivity index (χ0n) is 14.3. The summed E-state index contributed by atoms with van der Waals surface area (Å²) in [7, 11) is 3.15. The summed E-state index contributed by atoms with van der Waals surface area (Å²) >= 11 is 1.77. The lowest BCUT2D eigenvalue weighted by atomic mass is 9.93. The predicted molar refractivity (Wildman–Crippen MR) is 98.2 cm³/mol. The number of ketones is 1. The zero-order valence-corrected chi connectivity index (χ0v) is 15.1. The molecular formula is C20H20O3S. The monoisotopic (exact) mass is 340 g/mol. The van der Waals surface area contributed by atoms with Crippen LogP contribution in [0.25, 0.3) is 5.57 Å². The van der Waals surface area contributed by atoms with Gasteiger partial charge in [-0.05, 0) is 43.7 Å². The molecular weight excluding hydrogens is 320 g/mol. The maximum absolute atomic E-state index is 13.1. The fraction of sp³-hybridized carbons (Fsp3) is 0.250. The Morgan fingerprint density at radius 3 is 2.42 bits per heavy atom. The Morgan fingerprint density at radius 2 is 1.71 bits per heavy atom. The van der Waals surface area contributed by atoms with Gasteiger partial charge in [-0.15, -0.1) is 11.8 Å². The molecule has 0 saturated heterocycles. The summed E-state index contributed by atoms with van der Waals surface area (Å²) in [6, 6.07) is 13.3. The van der Waals surface area contributed by atoms with Gasteiger partial charge in [0.25, 0.3) is 0 Å². The summed E-state index contributed by atoms with van der Waals surface area (Å²) in [6.45, 7) is 4.24. The Morgan fingerprint density at radius 1 is 1.00 bits per heavy atom. The largest absolute Gasteiger partial charge is 0.493 e. The first-order valence-corrected chi connectivity index (χ1v) is 8.55. The summed E-state index contributed by atoms with van der Waals surface area (Å²) < 4.78 is 10.4. The molecule has 0 unspecified atom stereocenters. The number of benzene rings is 2. The molecule has 3 nitrogen and oxygen atoms in total. The number of allylic oxidation sites excluding steroid dienone is 1. The SMILES string of the molecule is COc1ccc(C(=O)C2=CC(C)(C)Sc3ccccc32)cc1OC. The van der Waals surface area contributed by atoms with E-state index in [-0.39, 0.29) is 10.5 Å². The van der Waals surface area contributed by atoms with Crippen LogP contribution < -0.4 is 9.47 Å². The van der Waals surface area contributed by atoms with Crippen molar-refractivity contribution in [3.05, 3.63) is 59.7 Å². The number of hydrogen-bond donors (Lipinski definition) is 0. The lowest BCUT2D eigenvalue weighted by Gasteiger charge is -2.28. The van der Waals surface area contributed by atoms with E-state index in [2.05, 4.69) is 26.0 Å². The predicted octanol–water partition coefficient (Wildman–Crippen LogP) is 4.85. The zero-order chi connectivity index (χ0) is 17.3. The van der Waals surface area contributed by atoms with E-state index in [1.807, 2.05) is 18.2 Å². The molecule has 0 saturated carbocycles. The lowest BCUT2D eigenvalue weighted by Crippen LogP contribution is -2.19. The number of methoxy groups -OCH3 is 2. The number of hydrogen-bond acceptors (Lipinski definition) is 4. The van der Waals surface area contributed by atoms with E-state index in [1.54, 1.807) is 44.2 Å². The minimum absolute atomic E-state index is 0.00298. The molecule has 4 heteroatoms. The molecule has 0 fully saturated rings. The molecule has 1 aliphatic heterocycles. The van der Waals surface area contributed by atoms with Crippen molar-refractivity contribution in [2.45, 2.75) is 23.5 Å². The first-order chi connectivity index (χ1) is 11.4. The molecule has 2 aromatic rings. The second kappa shape index (κ2) is 6.36. The van der Waals surface area contributed by atoms with Crippen LogP contribution in [-0.4, -0.2) is 24.7 Å². The standard InChI is InChI=1S/C20H20O3S/c1-20(2)12-15(14-7-5-6-8-18(14)24-20)19(21)13-9-10-16(22-3)17(11-13)23-4/h5-12H,1-4H3. The van der Waals surface area contributed by atoms with Crippen molar-refractivity contribution in [2.24, 2.45) is 0 Å². The lowest BCUT2D eigenvalue weighted by molar-refractivity contribution is 0.105. The Balaban J connectivity index is 2.07. The first-order valence-electron chi connectivity index (χ1n) is 7.73. The molecule has 2 aromatic carbocycles. The van der Waals surface area contributed by atoms with Gasteiger partial charge in [-0.2, -0.15) is 0 Å². The van der Waals surface area contributed by atoms with Gasteiger partial charge in [0.2, 0.25) is 0 Å². The van der Waals surface area contributed by atoms with E-state index in [9.17, 15) is 4.79 Å². The van der Waals surface area contributed by atoms with Gasteiger partial charge in [-0.1, -0.05) is 24.3 Å². The molecule has 1 heterocycles. The number of carbonyl (C=O) groups is 1. The smallest absolute Gasteiger partial charge is 0.193 e. The van der Waals surface area contributed by atoms with Crippen molar-refractivity contribution in [1.29, 1.82) is 0 Å². The third kappa shape index (κ3) is 3.06. The number of thioether (sulfide) groups is 1. The summed E-state index contributed by atoms with van der Waals surface area (Å²) in [6.07, 6.45) is 2.05. The van der Waals surface area contributed by atoms with Gasteiger partial charge in [0.05, 0.1) is 14.2 Å². The number of fused-ring (bicyclic) bond motifs is 1. The second-order valence-corrected chi connectivity index (χ2v) is 7.85. The van der Waals surface area contributed by atoms with E-state index in [0.29, 0.717) is 17.1 Å². The van der Waals surface area contributed by atoms with E-state index in [0.717, 1.165) is 16.0 Å². The third-order valence-corrected chi connectivity index (χ3v) is 5.15. The van der Waals surface area contributed by atoms with Crippen molar-refractivity contribution in [3.8, 4) is 11.5 Å². The minimum Gasteiger partial charge on any atom is -0.493 e. The van der Waals surface area contributed by atoms with Gasteiger partial charge in [-0.3, -0.25) is 4.79 Å². The number of rotatable bonds is 4. The van der Waals surface area contributed by atoms with E-state index >= 15 is 0 Å². The summed E-state index contributed by atoms with van der Waals surface area (Å²) in [4.78, 5) is 14.3. The van der Waals surface area contributed by atoms with Crippen LogP contribution in [0.5, 0.6) is 11.5 Å². The molecule has 0 amide bonds. The van der Waals surface area contributed by atoms with Crippen LogP contribution in [0.15, 0.2) is 53.4 Å². The highest BCUT2D eigenvalue weighted by molar-refractivity contribution is 8.01. The average Bonchev–Trinajstić information content (AvgIpc) is 2.58. The average molecular weight is 340 g/mol. The van der Waals surface area contributed by atoms with Gasteiger partial charge in [0.1, 0.15) is 0 Å². The van der Waals surface area contributed by atoms with Gasteiger partial charge in [0, 0.05) is 20.8 Å². The maximum Gasteiger partial charge on any atom is 0.193 e. The Bertz CT molecular complexity index is 821. The maximum atomic E-state index is 13.1. The molecule has 0 bridgehead atoms. The summed E-state index contributed by atoms with van der Waals surface area (Å²) in [5, 5.41) is 0. The molecule has 124 valence electrons. The third-order valence-electron chi connectivity index (χ3n) is 3.93. The van der Waals surface area contributed by atoms with Crippen molar-refractivity contribution >= 4 is 23.1 Å². The van der Waals surface area contributed by atoms with Crippen LogP contribution in [0.2, 0.25) is 0 Å². The Hall–Kier alpha value is -2.20. The Labute approximate surface area is 146 Å². The van der Waals surface area contributed by atoms with Crippen molar-refractivity contribution in [3.63, 3.8) is 0 Å². The van der Waals surface area contributed by atoms with Gasteiger partial charge < -0.3 is 9.47 Å². The van der Waals surface area contributed by atoms with Crippen molar-refractivity contribution < 1.29 is 14.3 Å². The quantitative estimate of drug-likeness (QED) is 0.745. The highest BCUT2D eigenvalue weighted by Gasteiger charge is 2.29. The summed E-state index contributed by atoms with van der Waals surface area (Å²) in [5.74, 6) is 1.17. The first kappa shape index (κ1) is 16.7. The van der Waals surface area contributed by atoms with Crippen molar-refractivity contribution in [1.82, 2.24) is 0 Å². The molecule has 3 rings (SSSR count). The normalized spacial score (nSPS) is 15.2. The van der Waals surface area contributed by atoms with E-state index in [4.69, 9.17) is 9.47 Å². The second-order valence-electron chi connectivity index (χ2n) is 6.16. The molecule has 0 atom stereocenters. The van der Waals surface area contributed by atoms with Gasteiger partial charge in [0.15, 0.2) is 17.3 Å². The molecule has 24 heavy (non-hydrogen) atoms. The van der Waals surface area contributed by atoms with Gasteiger partial charge in [-0.25, -0.2) is 0 Å². The highest BCUT2D eigenvalue weighted by atomic mass is 32.2. The fourth-order valence-corrected chi connectivity index (χ4v) is 4.02. The van der Waals surface area contributed by atoms with Crippen LogP contribution in [0.1, 0.15) is 29.8 Å². The molecule has 0 N–H and O–H groups in total. The van der Waals surface area contributed by atoms with Crippen LogP contribution in [0.4, 0.5) is 0 Å². The van der Waals surface area contributed by atoms with Crippen LogP contribution in [0.3, 0.4) is 0 Å². The molecule has 0 spiro atoms. The number of ether oxygens (including phenoxy) is 2. The van der Waals surface area contributed by atoms with Crippen LogP contribution >= 0.6 is 11.8 Å². The topological polar surface area (TPSA) is 35.5 Å². The van der Waals surface area contributed by atoms with E-state index in [1.165, 1.54) is 0 Å². The van der Waals surface area contributed by atoms with Gasteiger partial charge >= 0.3 is 0 Å². The van der Waals surface area contributed by atoms with Crippen LogP contribution in [0, 0.1) is 0 Å². The molecule has 1 aliphatic rings. The minimum atomic E-state index is -0.129. The Kier molecular flexibility index (Phi) is 4.41. The highest BCUT2D eigenvalue weighted by Crippen LogP contribution is 2.45. The fourth-order valence-electron chi connectivity index (χ4n) is 2.84. The summed E-state index contributed by atoms with van der Waals surface area (Å²) in [5.41, 5.74) is 2.32. The van der Waals surface area contributed by atoms with Crippen molar-refractivity contribution in [2.75, 3.05) is 14.2 Å².